The van der Waals surface area contributed by atoms with E-state index in [1.807, 2.05) is 5.38 Å². The number of benzene rings is 2. The summed E-state index contributed by atoms with van der Waals surface area (Å²) in [6.45, 7) is 0. The average molecular weight is 381 g/mol. The number of methoxy groups -OCH3 is 2. The van der Waals surface area contributed by atoms with Crippen molar-refractivity contribution in [3.8, 4) is 39.8 Å². The number of phenolic OH excluding ortho intramolecular Hbond substituents is 1. The number of phenols is 1. The number of fused-ring (bicyclic) bond motifs is 1. The van der Waals surface area contributed by atoms with E-state index in [1.165, 1.54) is 18.4 Å². The lowest BCUT2D eigenvalue weighted by molar-refractivity contribution is 0.373. The number of nitrogens with zero attached hydrogens (tertiary/aromatic N) is 3. The van der Waals surface area contributed by atoms with Crippen LogP contribution in [0.1, 0.15) is 0 Å². The van der Waals surface area contributed by atoms with Crippen molar-refractivity contribution in [3.63, 3.8) is 0 Å². The third kappa shape index (κ3) is 3.00. The van der Waals surface area contributed by atoms with Crippen LogP contribution in [-0.4, -0.2) is 33.9 Å². The number of hydrogen-bond donors (Lipinski definition) is 1. The predicted molar refractivity (Wildman–Crippen MR) is 103 cm³/mol. The standard InChI is InChI=1S/C19H15N3O4S/c1-25-13-6-3-11(4-7-13)17-18(24)20-19-22(21-17)14(10-27-19)12-5-8-15(23)16(9-12)26-2/h3-10,23H,1-2H3. The molecule has 2 aromatic heterocycles. The highest BCUT2D eigenvalue weighted by Crippen LogP contribution is 2.33. The van der Waals surface area contributed by atoms with Gasteiger partial charge < -0.3 is 14.6 Å². The highest BCUT2D eigenvalue weighted by atomic mass is 32.1. The van der Waals surface area contributed by atoms with Gasteiger partial charge in [0, 0.05) is 16.5 Å². The summed E-state index contributed by atoms with van der Waals surface area (Å²) in [7, 11) is 3.07. The lowest BCUT2D eigenvalue weighted by Gasteiger charge is -2.07. The second kappa shape index (κ2) is 6.73. The van der Waals surface area contributed by atoms with Crippen LogP contribution in [0.15, 0.2) is 52.6 Å². The minimum Gasteiger partial charge on any atom is -0.504 e. The number of ether oxygens (including phenoxy) is 2. The maximum absolute atomic E-state index is 12.4. The first-order chi connectivity index (χ1) is 13.1. The van der Waals surface area contributed by atoms with E-state index in [4.69, 9.17) is 9.47 Å². The molecule has 0 unspecified atom stereocenters. The van der Waals surface area contributed by atoms with E-state index in [-0.39, 0.29) is 11.4 Å². The number of aromatic hydroxyl groups is 1. The van der Waals surface area contributed by atoms with Crippen LogP contribution in [0, 0.1) is 0 Å². The van der Waals surface area contributed by atoms with Gasteiger partial charge in [-0.1, -0.05) is 0 Å². The van der Waals surface area contributed by atoms with Crippen molar-refractivity contribution in [2.75, 3.05) is 14.2 Å². The molecule has 8 heteroatoms. The number of thiazole rings is 1. The molecular formula is C19H15N3O4S. The molecule has 0 fully saturated rings. The Balaban J connectivity index is 1.88. The normalized spacial score (nSPS) is 10.9. The van der Waals surface area contributed by atoms with Gasteiger partial charge in [0.1, 0.15) is 5.75 Å². The molecule has 0 saturated heterocycles. The zero-order chi connectivity index (χ0) is 19.0. The molecule has 0 aliphatic rings. The van der Waals surface area contributed by atoms with Gasteiger partial charge in [-0.25, -0.2) is 4.52 Å². The lowest BCUT2D eigenvalue weighted by Crippen LogP contribution is -2.14. The highest BCUT2D eigenvalue weighted by molar-refractivity contribution is 7.15. The Morgan fingerprint density at radius 2 is 1.78 bits per heavy atom. The fourth-order valence-corrected chi connectivity index (χ4v) is 3.55. The topological polar surface area (TPSA) is 86.0 Å². The molecule has 7 nitrogen and oxygen atoms in total. The lowest BCUT2D eigenvalue weighted by atomic mass is 10.1. The molecule has 0 bridgehead atoms. The number of aromatic nitrogens is 3. The molecular weight excluding hydrogens is 366 g/mol. The first-order valence-electron chi connectivity index (χ1n) is 8.01. The number of rotatable bonds is 4. The molecule has 0 atom stereocenters. The third-order valence-corrected chi connectivity index (χ3v) is 4.94. The molecule has 4 aromatic rings. The van der Waals surface area contributed by atoms with Gasteiger partial charge in [0.2, 0.25) is 4.96 Å². The molecule has 2 heterocycles. The first kappa shape index (κ1) is 17.0. The second-order valence-electron chi connectivity index (χ2n) is 5.70. The van der Waals surface area contributed by atoms with Crippen molar-refractivity contribution < 1.29 is 14.6 Å². The fourth-order valence-electron chi connectivity index (χ4n) is 2.72. The van der Waals surface area contributed by atoms with E-state index in [2.05, 4.69) is 10.1 Å². The van der Waals surface area contributed by atoms with Crippen LogP contribution >= 0.6 is 11.3 Å². The summed E-state index contributed by atoms with van der Waals surface area (Å²) in [5, 5.41) is 16.2. The maximum atomic E-state index is 12.4. The van der Waals surface area contributed by atoms with E-state index >= 15 is 0 Å². The molecule has 27 heavy (non-hydrogen) atoms. The van der Waals surface area contributed by atoms with E-state index < -0.39 is 5.56 Å². The summed E-state index contributed by atoms with van der Waals surface area (Å²) in [5.41, 5.74) is 2.05. The Labute approximate surface area is 158 Å². The largest absolute Gasteiger partial charge is 0.504 e. The van der Waals surface area contributed by atoms with Gasteiger partial charge >= 0.3 is 5.56 Å². The Kier molecular flexibility index (Phi) is 4.25. The van der Waals surface area contributed by atoms with Gasteiger partial charge in [-0.2, -0.15) is 10.1 Å². The van der Waals surface area contributed by atoms with E-state index in [9.17, 15) is 9.90 Å². The summed E-state index contributed by atoms with van der Waals surface area (Å²) >= 11 is 1.32. The van der Waals surface area contributed by atoms with Gasteiger partial charge in [-0.05, 0) is 42.5 Å². The third-order valence-electron chi connectivity index (χ3n) is 4.12. The van der Waals surface area contributed by atoms with Crippen LogP contribution in [0.4, 0.5) is 0 Å². The van der Waals surface area contributed by atoms with Crippen LogP contribution in [0.25, 0.3) is 27.5 Å². The Bertz CT molecular complexity index is 1180. The predicted octanol–water partition coefficient (Wildman–Crippen LogP) is 3.21. The van der Waals surface area contributed by atoms with Gasteiger partial charge in [-0.3, -0.25) is 4.79 Å². The zero-order valence-corrected chi connectivity index (χ0v) is 15.4. The van der Waals surface area contributed by atoms with Crippen LogP contribution < -0.4 is 15.0 Å². The van der Waals surface area contributed by atoms with E-state index in [1.54, 1.807) is 54.1 Å². The van der Waals surface area contributed by atoms with Crippen molar-refractivity contribution in [2.45, 2.75) is 0 Å². The van der Waals surface area contributed by atoms with Crippen molar-refractivity contribution >= 4 is 16.3 Å². The van der Waals surface area contributed by atoms with Crippen LogP contribution in [0.5, 0.6) is 17.2 Å². The second-order valence-corrected chi connectivity index (χ2v) is 6.53. The van der Waals surface area contributed by atoms with Gasteiger partial charge in [0.25, 0.3) is 0 Å². The highest BCUT2D eigenvalue weighted by Gasteiger charge is 2.15. The van der Waals surface area contributed by atoms with Gasteiger partial charge in [-0.15, -0.1) is 11.3 Å². The summed E-state index contributed by atoms with van der Waals surface area (Å²) < 4.78 is 12.0. The van der Waals surface area contributed by atoms with E-state index in [0.717, 1.165) is 11.3 Å². The van der Waals surface area contributed by atoms with Crippen molar-refractivity contribution in [2.24, 2.45) is 0 Å². The SMILES string of the molecule is COc1ccc(-c2nn3c(-c4ccc(O)c(OC)c4)csc3nc2=O)cc1. The first-order valence-corrected chi connectivity index (χ1v) is 8.89. The maximum Gasteiger partial charge on any atom is 0.300 e. The fraction of sp³-hybridized carbons (Fsp3) is 0.105. The Hall–Kier alpha value is -3.39. The quantitative estimate of drug-likeness (QED) is 0.584. The van der Waals surface area contributed by atoms with Crippen molar-refractivity contribution in [1.29, 1.82) is 0 Å². The smallest absolute Gasteiger partial charge is 0.300 e. The van der Waals surface area contributed by atoms with Crippen LogP contribution in [0.3, 0.4) is 0 Å². The summed E-state index contributed by atoms with van der Waals surface area (Å²) in [4.78, 5) is 17.1. The zero-order valence-electron chi connectivity index (χ0n) is 14.5. The summed E-state index contributed by atoms with van der Waals surface area (Å²) in [6, 6.07) is 12.1. The van der Waals surface area contributed by atoms with Gasteiger partial charge in [0.05, 0.1) is 19.9 Å². The molecule has 0 aliphatic carbocycles. The van der Waals surface area contributed by atoms with Crippen molar-refractivity contribution in [3.05, 3.63) is 58.2 Å². The van der Waals surface area contributed by atoms with Crippen LogP contribution in [-0.2, 0) is 0 Å². The number of hydrogen-bond acceptors (Lipinski definition) is 7. The molecule has 0 saturated carbocycles. The minimum atomic E-state index is -0.392. The van der Waals surface area contributed by atoms with E-state index in [0.29, 0.717) is 22.0 Å². The average Bonchev–Trinajstić information content (AvgIpc) is 3.10. The van der Waals surface area contributed by atoms with Crippen LogP contribution in [0.2, 0.25) is 0 Å². The molecule has 1 N–H and O–H groups in total. The molecule has 0 amide bonds. The molecule has 4 rings (SSSR count). The molecule has 2 aromatic carbocycles. The van der Waals surface area contributed by atoms with Crippen molar-refractivity contribution in [1.82, 2.24) is 14.6 Å². The molecule has 0 aliphatic heterocycles. The summed E-state index contributed by atoms with van der Waals surface area (Å²) in [6.07, 6.45) is 0. The monoisotopic (exact) mass is 381 g/mol. The Morgan fingerprint density at radius 1 is 1.04 bits per heavy atom. The minimum absolute atomic E-state index is 0.0534. The molecule has 0 radical (unpaired) electrons. The molecule has 136 valence electrons. The summed E-state index contributed by atoms with van der Waals surface area (Å²) in [5.74, 6) is 1.11. The van der Waals surface area contributed by atoms with Gasteiger partial charge in [0.15, 0.2) is 17.2 Å². The molecule has 0 spiro atoms. The Morgan fingerprint density at radius 3 is 2.48 bits per heavy atom.